The van der Waals surface area contributed by atoms with Crippen molar-refractivity contribution in [3.05, 3.63) is 29.8 Å². The van der Waals surface area contributed by atoms with E-state index in [4.69, 9.17) is 9.47 Å². The van der Waals surface area contributed by atoms with Crippen molar-refractivity contribution in [3.8, 4) is 5.75 Å². The Morgan fingerprint density at radius 1 is 1.15 bits per heavy atom. The lowest BCUT2D eigenvalue weighted by molar-refractivity contribution is -0.0394. The maximum absolute atomic E-state index is 12.7. The summed E-state index contributed by atoms with van der Waals surface area (Å²) in [4.78, 5) is 12.7. The Kier molecular flexibility index (Phi) is 4.32. The number of benzene rings is 1. The van der Waals surface area contributed by atoms with Crippen LogP contribution in [0.25, 0.3) is 0 Å². The highest BCUT2D eigenvalue weighted by molar-refractivity contribution is 5.89. The van der Waals surface area contributed by atoms with Crippen LogP contribution in [0.2, 0.25) is 0 Å². The molecule has 1 aliphatic heterocycles. The molecule has 1 aromatic carbocycles. The Labute approximate surface area is 160 Å². The summed E-state index contributed by atoms with van der Waals surface area (Å²) in [5, 5.41) is 20.5. The molecule has 2 saturated carbocycles. The number of phenols is 1. The summed E-state index contributed by atoms with van der Waals surface area (Å²) < 4.78 is 11.9. The van der Waals surface area contributed by atoms with Crippen LogP contribution >= 0.6 is 0 Å². The van der Waals surface area contributed by atoms with Crippen molar-refractivity contribution in [3.63, 3.8) is 0 Å². The summed E-state index contributed by atoms with van der Waals surface area (Å²) >= 11 is 0. The Morgan fingerprint density at radius 2 is 1.81 bits per heavy atom. The molecule has 1 aromatic rings. The highest BCUT2D eigenvalue weighted by Gasteiger charge is 2.68. The van der Waals surface area contributed by atoms with E-state index in [0.717, 1.165) is 6.42 Å². The summed E-state index contributed by atoms with van der Waals surface area (Å²) in [7, 11) is 0. The zero-order valence-electron chi connectivity index (χ0n) is 16.5. The van der Waals surface area contributed by atoms with Crippen LogP contribution in [0.5, 0.6) is 5.75 Å². The minimum absolute atomic E-state index is 0.0680. The summed E-state index contributed by atoms with van der Waals surface area (Å²) in [5.41, 5.74) is -0.536. The van der Waals surface area contributed by atoms with Gasteiger partial charge < -0.3 is 19.7 Å². The number of hydrogen-bond donors (Lipinski definition) is 2. The SMILES string of the molecule is CC(C)C1C(OC(=O)c2ccc(O)cc2)CC(C)(O)CC2C1CC1(C)OC21. The molecule has 0 radical (unpaired) electrons. The standard InChI is InChI=1S/C22H30O5/c1-12(2)18-15-10-22(4)19(27-22)16(15)9-21(3,25)11-17(18)26-20(24)13-5-7-14(23)8-6-13/h5-8,12,15-19,23,25H,9-11H2,1-4H3. The van der Waals surface area contributed by atoms with Crippen LogP contribution in [0.15, 0.2) is 24.3 Å². The Hall–Kier alpha value is -1.59. The van der Waals surface area contributed by atoms with Gasteiger partial charge in [0.1, 0.15) is 11.9 Å². The lowest BCUT2D eigenvalue weighted by atomic mass is 9.74. The first-order valence-electron chi connectivity index (χ1n) is 10.00. The Balaban J connectivity index is 1.61. The average molecular weight is 374 g/mol. The second-order valence-electron chi connectivity index (χ2n) is 9.60. The van der Waals surface area contributed by atoms with Crippen LogP contribution in [-0.4, -0.2) is 39.6 Å². The van der Waals surface area contributed by atoms with Gasteiger partial charge in [0, 0.05) is 12.3 Å². The molecule has 148 valence electrons. The van der Waals surface area contributed by atoms with Gasteiger partial charge in [0.25, 0.3) is 0 Å². The second kappa shape index (κ2) is 6.21. The van der Waals surface area contributed by atoms with Crippen LogP contribution in [-0.2, 0) is 9.47 Å². The molecule has 7 atom stereocenters. The largest absolute Gasteiger partial charge is 0.508 e. The zero-order valence-corrected chi connectivity index (χ0v) is 16.5. The number of fused-ring (bicyclic) bond motifs is 3. The predicted molar refractivity (Wildman–Crippen MR) is 100 cm³/mol. The highest BCUT2D eigenvalue weighted by Crippen LogP contribution is 2.62. The van der Waals surface area contributed by atoms with Gasteiger partial charge in [0.15, 0.2) is 0 Å². The summed E-state index contributed by atoms with van der Waals surface area (Å²) in [6, 6.07) is 6.11. The number of phenolic OH excluding ortho intramolecular Hbond substituents is 1. The molecule has 3 aliphatic rings. The Bertz CT molecular complexity index is 725. The molecule has 5 nitrogen and oxygen atoms in total. The van der Waals surface area contributed by atoms with E-state index in [-0.39, 0.29) is 29.5 Å². The molecule has 0 bridgehead atoms. The molecular weight excluding hydrogens is 344 g/mol. The lowest BCUT2D eigenvalue weighted by Crippen LogP contribution is -2.38. The normalized spacial score (nSPS) is 43.0. The van der Waals surface area contributed by atoms with Crippen LogP contribution < -0.4 is 0 Å². The number of ether oxygens (including phenoxy) is 2. The van der Waals surface area contributed by atoms with E-state index in [1.165, 1.54) is 12.1 Å². The average Bonchev–Trinajstić information content (AvgIpc) is 3.17. The first-order valence-corrected chi connectivity index (χ1v) is 10.00. The number of hydrogen-bond acceptors (Lipinski definition) is 5. The van der Waals surface area contributed by atoms with Gasteiger partial charge in [0.2, 0.25) is 0 Å². The highest BCUT2D eigenvalue weighted by atomic mass is 16.6. The smallest absolute Gasteiger partial charge is 0.338 e. The zero-order chi connectivity index (χ0) is 19.6. The number of carbonyl (C=O) groups is 1. The van der Waals surface area contributed by atoms with Gasteiger partial charge >= 0.3 is 5.97 Å². The van der Waals surface area contributed by atoms with E-state index in [2.05, 4.69) is 20.8 Å². The van der Waals surface area contributed by atoms with E-state index >= 15 is 0 Å². The molecule has 7 unspecified atom stereocenters. The van der Waals surface area contributed by atoms with E-state index in [1.807, 2.05) is 6.92 Å². The van der Waals surface area contributed by atoms with Gasteiger partial charge in [-0.1, -0.05) is 13.8 Å². The maximum Gasteiger partial charge on any atom is 0.338 e. The molecule has 27 heavy (non-hydrogen) atoms. The van der Waals surface area contributed by atoms with Crippen molar-refractivity contribution in [1.82, 2.24) is 0 Å². The minimum Gasteiger partial charge on any atom is -0.508 e. The fraction of sp³-hybridized carbons (Fsp3) is 0.682. The van der Waals surface area contributed by atoms with Gasteiger partial charge in [-0.25, -0.2) is 4.79 Å². The molecule has 3 fully saturated rings. The fourth-order valence-corrected chi connectivity index (χ4v) is 5.77. The van der Waals surface area contributed by atoms with E-state index in [0.29, 0.717) is 36.2 Å². The van der Waals surface area contributed by atoms with Crippen LogP contribution in [0.3, 0.4) is 0 Å². The van der Waals surface area contributed by atoms with Crippen LogP contribution in [0, 0.1) is 23.7 Å². The number of rotatable bonds is 3. The third kappa shape index (κ3) is 3.36. The quantitative estimate of drug-likeness (QED) is 0.625. The number of carbonyl (C=O) groups excluding carboxylic acids is 1. The van der Waals surface area contributed by atoms with Crippen molar-refractivity contribution in [2.45, 2.75) is 70.4 Å². The molecule has 1 saturated heterocycles. The molecule has 0 aromatic heterocycles. The first-order chi connectivity index (χ1) is 12.6. The van der Waals surface area contributed by atoms with Crippen molar-refractivity contribution < 1.29 is 24.5 Å². The summed E-state index contributed by atoms with van der Waals surface area (Å²) in [5.74, 6) is 0.953. The summed E-state index contributed by atoms with van der Waals surface area (Å²) in [6.45, 7) is 8.37. The molecule has 2 aliphatic carbocycles. The van der Waals surface area contributed by atoms with Crippen molar-refractivity contribution >= 4 is 5.97 Å². The predicted octanol–water partition coefficient (Wildman–Crippen LogP) is 3.53. The maximum atomic E-state index is 12.7. The molecule has 1 heterocycles. The molecule has 2 N–H and O–H groups in total. The van der Waals surface area contributed by atoms with Gasteiger partial charge in [-0.2, -0.15) is 0 Å². The van der Waals surface area contributed by atoms with Gasteiger partial charge in [-0.05, 0) is 68.7 Å². The molecule has 0 spiro atoms. The molecule has 4 rings (SSSR count). The monoisotopic (exact) mass is 374 g/mol. The second-order valence-corrected chi connectivity index (χ2v) is 9.60. The van der Waals surface area contributed by atoms with Crippen molar-refractivity contribution in [1.29, 1.82) is 0 Å². The van der Waals surface area contributed by atoms with Gasteiger partial charge in [-0.15, -0.1) is 0 Å². The molecule has 0 amide bonds. The van der Waals surface area contributed by atoms with Crippen molar-refractivity contribution in [2.24, 2.45) is 23.7 Å². The first kappa shape index (κ1) is 18.8. The van der Waals surface area contributed by atoms with E-state index in [1.54, 1.807) is 12.1 Å². The Morgan fingerprint density at radius 3 is 2.44 bits per heavy atom. The van der Waals surface area contributed by atoms with Crippen LogP contribution in [0.1, 0.15) is 57.3 Å². The number of epoxide rings is 1. The van der Waals surface area contributed by atoms with E-state index < -0.39 is 11.6 Å². The topological polar surface area (TPSA) is 79.3 Å². The summed E-state index contributed by atoms with van der Waals surface area (Å²) in [6.07, 6.45) is 1.98. The van der Waals surface area contributed by atoms with Crippen LogP contribution in [0.4, 0.5) is 0 Å². The lowest BCUT2D eigenvalue weighted by Gasteiger charge is -2.36. The van der Waals surface area contributed by atoms with Crippen molar-refractivity contribution in [2.75, 3.05) is 0 Å². The number of esters is 1. The third-order valence-electron chi connectivity index (χ3n) is 6.89. The van der Waals surface area contributed by atoms with Gasteiger partial charge in [-0.3, -0.25) is 0 Å². The molecule has 5 heteroatoms. The van der Waals surface area contributed by atoms with E-state index in [9.17, 15) is 15.0 Å². The fourth-order valence-electron chi connectivity index (χ4n) is 5.77. The molecular formula is C22H30O5. The number of aliphatic hydroxyl groups is 1. The third-order valence-corrected chi connectivity index (χ3v) is 6.89. The van der Waals surface area contributed by atoms with Gasteiger partial charge in [0.05, 0.1) is 22.9 Å². The minimum atomic E-state index is -0.885. The number of aromatic hydroxyl groups is 1.